The van der Waals surface area contributed by atoms with Crippen LogP contribution in [0.4, 0.5) is 4.79 Å². The van der Waals surface area contributed by atoms with Crippen LogP contribution in [0.5, 0.6) is 0 Å². The number of nitrogens with zero attached hydrogens (tertiary/aromatic N) is 3. The first kappa shape index (κ1) is 18.2. The van der Waals surface area contributed by atoms with E-state index in [1.54, 1.807) is 24.4 Å². The molecule has 1 atom stereocenters. The van der Waals surface area contributed by atoms with Crippen LogP contribution in [0.2, 0.25) is 5.15 Å². The van der Waals surface area contributed by atoms with Gasteiger partial charge in [-0.2, -0.15) is 5.26 Å². The molecule has 1 aromatic carbocycles. The molecule has 0 aliphatic carbocycles. The molecule has 0 saturated heterocycles. The summed E-state index contributed by atoms with van der Waals surface area (Å²) in [6, 6.07) is 12.3. The number of thiazole rings is 1. The van der Waals surface area contributed by atoms with Crippen molar-refractivity contribution in [1.82, 2.24) is 20.6 Å². The Hall–Kier alpha value is -3.21. The van der Waals surface area contributed by atoms with Crippen molar-refractivity contribution in [2.45, 2.75) is 13.0 Å². The Morgan fingerprint density at radius 2 is 2.04 bits per heavy atom. The lowest BCUT2D eigenvalue weighted by molar-refractivity contribution is 0.240. The third-order valence-electron chi connectivity index (χ3n) is 4.40. The Kier molecular flexibility index (Phi) is 4.82. The molecular formula is C20H14ClN5OS. The van der Waals surface area contributed by atoms with Crippen LogP contribution in [0.25, 0.3) is 16.8 Å². The summed E-state index contributed by atoms with van der Waals surface area (Å²) in [6.07, 6.45) is 1.61. The normalized spacial score (nSPS) is 16.3. The van der Waals surface area contributed by atoms with Crippen molar-refractivity contribution in [3.63, 3.8) is 0 Å². The molecule has 8 heteroatoms. The van der Waals surface area contributed by atoms with Crippen LogP contribution in [0.3, 0.4) is 0 Å². The van der Waals surface area contributed by atoms with Gasteiger partial charge in [0.2, 0.25) is 0 Å². The summed E-state index contributed by atoms with van der Waals surface area (Å²) in [5.74, 6) is 0. The number of hydrogen-bond acceptors (Lipinski definition) is 5. The number of carbonyl (C=O) groups excluding carboxylic acids is 1. The standard InChI is InChI=1S/C20H14ClN5OS/c1-11-17(18(26-20(27)24-11)14-6-7-23-16(21)8-14)19-25-15(10-28-19)13-4-2-12(9-22)3-5-13/h2-8,10,18H,1H3,(H2,24,26,27). The lowest BCUT2D eigenvalue weighted by atomic mass is 9.97. The van der Waals surface area contributed by atoms with Gasteiger partial charge in [0.15, 0.2) is 0 Å². The van der Waals surface area contributed by atoms with E-state index in [1.807, 2.05) is 30.5 Å². The fraction of sp³-hybridized carbons (Fsp3) is 0.100. The Morgan fingerprint density at radius 3 is 2.75 bits per heavy atom. The Bertz CT molecular complexity index is 1130. The third-order valence-corrected chi connectivity index (χ3v) is 5.48. The minimum absolute atomic E-state index is 0.275. The Morgan fingerprint density at radius 1 is 1.25 bits per heavy atom. The fourth-order valence-corrected chi connectivity index (χ4v) is 4.21. The molecule has 1 aliphatic heterocycles. The monoisotopic (exact) mass is 407 g/mol. The average Bonchev–Trinajstić information content (AvgIpc) is 3.17. The van der Waals surface area contributed by atoms with Gasteiger partial charge < -0.3 is 10.6 Å². The average molecular weight is 408 g/mol. The number of pyridine rings is 1. The third kappa shape index (κ3) is 3.48. The minimum atomic E-state index is -0.380. The highest BCUT2D eigenvalue weighted by molar-refractivity contribution is 7.11. The van der Waals surface area contributed by atoms with Crippen LogP contribution in [0, 0.1) is 11.3 Å². The van der Waals surface area contributed by atoms with E-state index in [0.29, 0.717) is 10.7 Å². The maximum absolute atomic E-state index is 12.1. The van der Waals surface area contributed by atoms with Crippen molar-refractivity contribution in [2.75, 3.05) is 0 Å². The highest BCUT2D eigenvalue weighted by Gasteiger charge is 2.29. The number of nitrogens with one attached hydrogen (secondary N) is 2. The second kappa shape index (κ2) is 7.43. The van der Waals surface area contributed by atoms with Crippen molar-refractivity contribution in [1.29, 1.82) is 5.26 Å². The van der Waals surface area contributed by atoms with E-state index >= 15 is 0 Å². The maximum atomic E-state index is 12.1. The smallest absolute Gasteiger partial charge is 0.319 e. The lowest BCUT2D eigenvalue weighted by Crippen LogP contribution is -2.42. The molecule has 0 radical (unpaired) electrons. The molecule has 0 bridgehead atoms. The Balaban J connectivity index is 1.75. The molecule has 1 unspecified atom stereocenters. The van der Waals surface area contributed by atoms with E-state index in [4.69, 9.17) is 21.8 Å². The summed E-state index contributed by atoms with van der Waals surface area (Å²) in [5.41, 5.74) is 4.80. The molecule has 2 N–H and O–H groups in total. The zero-order valence-corrected chi connectivity index (χ0v) is 16.3. The van der Waals surface area contributed by atoms with Gasteiger partial charge in [-0.15, -0.1) is 11.3 Å². The van der Waals surface area contributed by atoms with E-state index in [-0.39, 0.29) is 12.1 Å². The van der Waals surface area contributed by atoms with Gasteiger partial charge in [0, 0.05) is 28.4 Å². The van der Waals surface area contributed by atoms with Crippen molar-refractivity contribution >= 4 is 34.5 Å². The van der Waals surface area contributed by atoms with Gasteiger partial charge in [-0.1, -0.05) is 23.7 Å². The second-order valence-electron chi connectivity index (χ2n) is 6.21. The molecule has 28 heavy (non-hydrogen) atoms. The summed E-state index contributed by atoms with van der Waals surface area (Å²) in [7, 11) is 0. The Labute approximate surface area is 170 Å². The van der Waals surface area contributed by atoms with Crippen LogP contribution in [-0.4, -0.2) is 16.0 Å². The molecule has 138 valence electrons. The molecule has 0 saturated carbocycles. The van der Waals surface area contributed by atoms with E-state index < -0.39 is 0 Å². The zero-order chi connectivity index (χ0) is 19.7. The predicted octanol–water partition coefficient (Wildman–Crippen LogP) is 4.52. The number of urea groups is 1. The highest BCUT2D eigenvalue weighted by Crippen LogP contribution is 2.37. The molecular weight excluding hydrogens is 394 g/mol. The zero-order valence-electron chi connectivity index (χ0n) is 14.7. The number of carbonyl (C=O) groups is 1. The molecule has 6 nitrogen and oxygen atoms in total. The van der Waals surface area contributed by atoms with Gasteiger partial charge in [-0.05, 0) is 36.8 Å². The maximum Gasteiger partial charge on any atom is 0.319 e. The van der Waals surface area contributed by atoms with Gasteiger partial charge in [-0.25, -0.2) is 14.8 Å². The van der Waals surface area contributed by atoms with Crippen molar-refractivity contribution in [3.05, 3.63) is 75.0 Å². The molecule has 2 amide bonds. The molecule has 4 rings (SSSR count). The highest BCUT2D eigenvalue weighted by atomic mass is 35.5. The number of hydrogen-bond donors (Lipinski definition) is 2. The SMILES string of the molecule is CC1=C(c2nc(-c3ccc(C#N)cc3)cs2)C(c2ccnc(Cl)c2)NC(=O)N1. The number of aromatic nitrogens is 2. The van der Waals surface area contributed by atoms with Crippen LogP contribution in [-0.2, 0) is 0 Å². The number of allylic oxidation sites excluding steroid dienone is 1. The molecule has 3 heterocycles. The molecule has 3 aromatic rings. The molecule has 1 aliphatic rings. The van der Waals surface area contributed by atoms with Crippen molar-refractivity contribution < 1.29 is 4.79 Å². The van der Waals surface area contributed by atoms with E-state index in [9.17, 15) is 4.79 Å². The first-order valence-electron chi connectivity index (χ1n) is 8.41. The lowest BCUT2D eigenvalue weighted by Gasteiger charge is -2.28. The molecule has 0 fully saturated rings. The minimum Gasteiger partial charge on any atom is -0.327 e. The quantitative estimate of drug-likeness (QED) is 0.624. The summed E-state index contributed by atoms with van der Waals surface area (Å²) in [4.78, 5) is 20.8. The fourth-order valence-electron chi connectivity index (χ4n) is 3.07. The summed E-state index contributed by atoms with van der Waals surface area (Å²) >= 11 is 7.54. The summed E-state index contributed by atoms with van der Waals surface area (Å²) in [6.45, 7) is 1.85. The number of halogens is 1. The predicted molar refractivity (Wildman–Crippen MR) is 109 cm³/mol. The summed E-state index contributed by atoms with van der Waals surface area (Å²) < 4.78 is 0. The van der Waals surface area contributed by atoms with Gasteiger partial charge >= 0.3 is 6.03 Å². The van der Waals surface area contributed by atoms with E-state index in [2.05, 4.69) is 21.7 Å². The van der Waals surface area contributed by atoms with Crippen LogP contribution < -0.4 is 10.6 Å². The number of amides is 2. The molecule has 0 spiro atoms. The molecule has 2 aromatic heterocycles. The van der Waals surface area contributed by atoms with Crippen LogP contribution in [0.15, 0.2) is 53.7 Å². The number of nitriles is 1. The van der Waals surface area contributed by atoms with Gasteiger partial charge in [0.05, 0.1) is 23.4 Å². The van der Waals surface area contributed by atoms with Crippen molar-refractivity contribution in [2.24, 2.45) is 0 Å². The van der Waals surface area contributed by atoms with E-state index in [1.165, 1.54) is 11.3 Å². The number of rotatable bonds is 3. The van der Waals surface area contributed by atoms with Gasteiger partial charge in [0.25, 0.3) is 0 Å². The van der Waals surface area contributed by atoms with E-state index in [0.717, 1.165) is 33.1 Å². The first-order valence-corrected chi connectivity index (χ1v) is 9.67. The van der Waals surface area contributed by atoms with Gasteiger partial charge in [-0.3, -0.25) is 0 Å². The topological polar surface area (TPSA) is 90.7 Å². The van der Waals surface area contributed by atoms with Crippen LogP contribution in [0.1, 0.15) is 29.1 Å². The number of benzene rings is 1. The largest absolute Gasteiger partial charge is 0.327 e. The first-order chi connectivity index (χ1) is 13.5. The van der Waals surface area contributed by atoms with Crippen LogP contribution >= 0.6 is 22.9 Å². The second-order valence-corrected chi connectivity index (χ2v) is 7.45. The summed E-state index contributed by atoms with van der Waals surface area (Å²) in [5, 5.41) is 17.8. The van der Waals surface area contributed by atoms with Crippen molar-refractivity contribution in [3.8, 4) is 17.3 Å². The van der Waals surface area contributed by atoms with Gasteiger partial charge in [0.1, 0.15) is 10.2 Å².